The number of nitrogens with zero attached hydrogens (tertiary/aromatic N) is 1. The molecule has 0 unspecified atom stereocenters. The number of benzene rings is 1. The molecule has 0 saturated heterocycles. The lowest BCUT2D eigenvalue weighted by Gasteiger charge is -2.32. The first-order valence-corrected chi connectivity index (χ1v) is 12.1. The number of ether oxygens (including phenoxy) is 4. The molecular formula is C27H40N2O8. The SMILES string of the molecule is C=CCOC(=O)[C@@H](NC(=O)[C@H](Cc1cc(C=O)c(OC)cc1OC)N(C)C(=O)OC(C)(C)C)[C@@H](C)CC. The van der Waals surface area contributed by atoms with Crippen LogP contribution in [0, 0.1) is 5.92 Å². The van der Waals surface area contributed by atoms with E-state index in [2.05, 4.69) is 11.9 Å². The zero-order chi connectivity index (χ0) is 28.3. The molecule has 37 heavy (non-hydrogen) atoms. The van der Waals surface area contributed by atoms with E-state index in [0.717, 1.165) is 4.90 Å². The number of amides is 2. The van der Waals surface area contributed by atoms with Gasteiger partial charge >= 0.3 is 12.1 Å². The van der Waals surface area contributed by atoms with Crippen molar-refractivity contribution in [2.75, 3.05) is 27.9 Å². The van der Waals surface area contributed by atoms with Gasteiger partial charge in [0, 0.05) is 19.5 Å². The van der Waals surface area contributed by atoms with Gasteiger partial charge in [-0.2, -0.15) is 0 Å². The molecule has 1 N–H and O–H groups in total. The van der Waals surface area contributed by atoms with E-state index in [4.69, 9.17) is 18.9 Å². The van der Waals surface area contributed by atoms with E-state index in [-0.39, 0.29) is 24.5 Å². The van der Waals surface area contributed by atoms with Crippen molar-refractivity contribution in [3.63, 3.8) is 0 Å². The molecule has 0 aliphatic carbocycles. The Morgan fingerprint density at radius 3 is 2.24 bits per heavy atom. The molecule has 0 radical (unpaired) electrons. The van der Waals surface area contributed by atoms with Crippen molar-refractivity contribution in [1.82, 2.24) is 10.2 Å². The van der Waals surface area contributed by atoms with E-state index in [1.165, 1.54) is 33.4 Å². The van der Waals surface area contributed by atoms with Crippen LogP contribution >= 0.6 is 0 Å². The van der Waals surface area contributed by atoms with E-state index in [1.807, 2.05) is 13.8 Å². The summed E-state index contributed by atoms with van der Waals surface area (Å²) in [6.07, 6.45) is 1.89. The maximum Gasteiger partial charge on any atom is 0.410 e. The van der Waals surface area contributed by atoms with E-state index in [0.29, 0.717) is 29.8 Å². The average Bonchev–Trinajstić information content (AvgIpc) is 2.86. The van der Waals surface area contributed by atoms with Crippen molar-refractivity contribution in [2.45, 2.75) is 65.1 Å². The maximum atomic E-state index is 13.6. The van der Waals surface area contributed by atoms with Gasteiger partial charge in [-0.3, -0.25) is 14.5 Å². The molecule has 0 aliphatic rings. The fourth-order valence-electron chi connectivity index (χ4n) is 3.47. The fourth-order valence-corrected chi connectivity index (χ4v) is 3.47. The molecule has 1 aromatic rings. The number of hydrogen-bond donors (Lipinski definition) is 1. The van der Waals surface area contributed by atoms with E-state index < -0.39 is 35.7 Å². The first kappa shape index (κ1) is 31.5. The highest BCUT2D eigenvalue weighted by molar-refractivity contribution is 5.90. The van der Waals surface area contributed by atoms with Crippen LogP contribution in [-0.4, -0.2) is 74.7 Å². The van der Waals surface area contributed by atoms with Gasteiger partial charge in [0.2, 0.25) is 5.91 Å². The number of carbonyl (C=O) groups excluding carboxylic acids is 4. The first-order chi connectivity index (χ1) is 17.3. The lowest BCUT2D eigenvalue weighted by atomic mass is 9.97. The van der Waals surface area contributed by atoms with Gasteiger partial charge in [-0.05, 0) is 38.3 Å². The third-order valence-corrected chi connectivity index (χ3v) is 5.73. The lowest BCUT2D eigenvalue weighted by molar-refractivity contribution is -0.148. The van der Waals surface area contributed by atoms with Crippen molar-refractivity contribution in [1.29, 1.82) is 0 Å². The standard InChI is InChI=1S/C27H40N2O8/c1-10-12-36-25(32)23(17(3)11-2)28-24(31)20(29(7)26(33)37-27(4,5)6)14-18-13-19(16-30)22(35-9)15-21(18)34-8/h10,13,15-17,20,23H,1,11-12,14H2,2-9H3,(H,28,31)/t17-,20-,23-/m0/s1. The lowest BCUT2D eigenvalue weighted by Crippen LogP contribution is -2.55. The molecule has 10 nitrogen and oxygen atoms in total. The van der Waals surface area contributed by atoms with Crippen LogP contribution in [0.15, 0.2) is 24.8 Å². The minimum atomic E-state index is -1.12. The number of esters is 1. The Bertz CT molecular complexity index is 970. The Morgan fingerprint density at radius 1 is 1.14 bits per heavy atom. The number of carbonyl (C=O) groups is 4. The second-order valence-corrected chi connectivity index (χ2v) is 9.63. The molecule has 0 aromatic heterocycles. The molecule has 0 heterocycles. The highest BCUT2D eigenvalue weighted by atomic mass is 16.6. The van der Waals surface area contributed by atoms with Crippen LogP contribution in [0.1, 0.15) is 57.0 Å². The van der Waals surface area contributed by atoms with Crippen LogP contribution in [-0.2, 0) is 25.5 Å². The number of rotatable bonds is 13. The van der Waals surface area contributed by atoms with Gasteiger partial charge in [0.1, 0.15) is 35.8 Å². The van der Waals surface area contributed by atoms with Gasteiger partial charge in [-0.15, -0.1) is 0 Å². The fraction of sp³-hybridized carbons (Fsp3) is 0.556. The zero-order valence-corrected chi connectivity index (χ0v) is 23.1. The molecule has 10 heteroatoms. The van der Waals surface area contributed by atoms with Crippen molar-refractivity contribution in [2.24, 2.45) is 5.92 Å². The van der Waals surface area contributed by atoms with E-state index in [1.54, 1.807) is 26.8 Å². The number of likely N-dealkylation sites (N-methyl/N-ethyl adjacent to an activating group) is 1. The van der Waals surface area contributed by atoms with E-state index >= 15 is 0 Å². The van der Waals surface area contributed by atoms with Crippen molar-refractivity contribution >= 4 is 24.3 Å². The predicted octanol–water partition coefficient (Wildman–Crippen LogP) is 3.55. The number of nitrogens with one attached hydrogen (secondary N) is 1. The van der Waals surface area contributed by atoms with Crippen molar-refractivity contribution in [3.05, 3.63) is 35.9 Å². The number of aldehydes is 1. The molecule has 0 fully saturated rings. The summed E-state index contributed by atoms with van der Waals surface area (Å²) in [5.41, 5.74) is -0.0686. The third kappa shape index (κ3) is 9.11. The normalized spacial score (nSPS) is 13.4. The van der Waals surface area contributed by atoms with Crippen molar-refractivity contribution in [3.8, 4) is 11.5 Å². The van der Waals surface area contributed by atoms with Crippen LogP contribution in [0.3, 0.4) is 0 Å². The molecule has 206 valence electrons. The van der Waals surface area contributed by atoms with Gasteiger partial charge < -0.3 is 24.3 Å². The third-order valence-electron chi connectivity index (χ3n) is 5.73. The van der Waals surface area contributed by atoms with Gasteiger partial charge in [0.25, 0.3) is 0 Å². The summed E-state index contributed by atoms with van der Waals surface area (Å²) in [4.78, 5) is 52.0. The highest BCUT2D eigenvalue weighted by Crippen LogP contribution is 2.30. The summed E-state index contributed by atoms with van der Waals surface area (Å²) in [5, 5.41) is 2.75. The molecule has 1 aromatic carbocycles. The maximum absolute atomic E-state index is 13.6. The molecule has 0 spiro atoms. The Hall–Kier alpha value is -3.56. The predicted molar refractivity (Wildman–Crippen MR) is 139 cm³/mol. The minimum Gasteiger partial charge on any atom is -0.496 e. The Kier molecular flexibility index (Phi) is 12.1. The summed E-state index contributed by atoms with van der Waals surface area (Å²) in [6, 6.07) is 1.01. The summed E-state index contributed by atoms with van der Waals surface area (Å²) >= 11 is 0. The van der Waals surface area contributed by atoms with Crippen LogP contribution in [0.4, 0.5) is 4.79 Å². The second kappa shape index (κ2) is 14.2. The monoisotopic (exact) mass is 520 g/mol. The summed E-state index contributed by atoms with van der Waals surface area (Å²) < 4.78 is 21.4. The Labute approximate surface area is 219 Å². The number of hydrogen-bond acceptors (Lipinski definition) is 8. The van der Waals surface area contributed by atoms with Crippen LogP contribution in [0.2, 0.25) is 0 Å². The number of methoxy groups -OCH3 is 2. The molecule has 0 bridgehead atoms. The molecule has 1 rings (SSSR count). The summed E-state index contributed by atoms with van der Waals surface area (Å²) in [5.74, 6) is -0.780. The Balaban J connectivity index is 3.48. The topological polar surface area (TPSA) is 120 Å². The van der Waals surface area contributed by atoms with Gasteiger partial charge in [0.15, 0.2) is 6.29 Å². The van der Waals surface area contributed by atoms with Gasteiger partial charge in [-0.1, -0.05) is 32.9 Å². The largest absolute Gasteiger partial charge is 0.496 e. The van der Waals surface area contributed by atoms with Crippen LogP contribution < -0.4 is 14.8 Å². The summed E-state index contributed by atoms with van der Waals surface area (Å²) in [7, 11) is 4.30. The van der Waals surface area contributed by atoms with Crippen molar-refractivity contribution < 1.29 is 38.1 Å². The van der Waals surface area contributed by atoms with Gasteiger partial charge in [0.05, 0.1) is 19.8 Å². The smallest absolute Gasteiger partial charge is 0.410 e. The van der Waals surface area contributed by atoms with Crippen LogP contribution in [0.5, 0.6) is 11.5 Å². The molecule has 3 atom stereocenters. The highest BCUT2D eigenvalue weighted by Gasteiger charge is 2.35. The Morgan fingerprint density at radius 2 is 1.76 bits per heavy atom. The quantitative estimate of drug-likeness (QED) is 0.238. The molecule has 0 aliphatic heterocycles. The minimum absolute atomic E-state index is 0.000394. The van der Waals surface area contributed by atoms with Gasteiger partial charge in [-0.25, -0.2) is 9.59 Å². The molecular weight excluding hydrogens is 480 g/mol. The summed E-state index contributed by atoms with van der Waals surface area (Å²) in [6.45, 7) is 12.4. The first-order valence-electron chi connectivity index (χ1n) is 12.1. The van der Waals surface area contributed by atoms with E-state index in [9.17, 15) is 19.2 Å². The second-order valence-electron chi connectivity index (χ2n) is 9.63. The zero-order valence-electron chi connectivity index (χ0n) is 23.1. The molecule has 2 amide bonds. The molecule has 0 saturated carbocycles. The van der Waals surface area contributed by atoms with Crippen LogP contribution in [0.25, 0.3) is 0 Å². The average molecular weight is 521 g/mol.